The summed E-state index contributed by atoms with van der Waals surface area (Å²) in [6, 6.07) is 0. The molecule has 2 N–H and O–H groups in total. The van der Waals surface area contributed by atoms with Crippen molar-refractivity contribution in [3.05, 3.63) is 10.4 Å². The van der Waals surface area contributed by atoms with Crippen LogP contribution in [0, 0.1) is 0 Å². The van der Waals surface area contributed by atoms with Crippen molar-refractivity contribution in [3.8, 4) is 0 Å². The molecule has 0 radical (unpaired) electrons. The molecule has 0 aliphatic carbocycles. The van der Waals surface area contributed by atoms with Gasteiger partial charge in [-0.15, -0.1) is 11.3 Å². The largest absolute Gasteiger partial charge is 0.384 e. The maximum absolute atomic E-state index is 6.19. The molecule has 0 fully saturated rings. The third-order valence-corrected chi connectivity index (χ3v) is 5.37. The number of aromatic nitrogens is 2. The molecule has 0 aromatic carbocycles. The lowest BCUT2D eigenvalue weighted by Gasteiger charge is -2.30. The van der Waals surface area contributed by atoms with E-state index < -0.39 is 0 Å². The Morgan fingerprint density at radius 1 is 1.43 bits per heavy atom. The summed E-state index contributed by atoms with van der Waals surface area (Å²) in [7, 11) is 1.69. The molecule has 0 saturated heterocycles. The van der Waals surface area contributed by atoms with Gasteiger partial charge < -0.3 is 15.2 Å². The summed E-state index contributed by atoms with van der Waals surface area (Å²) in [6.07, 6.45) is 0.853. The Hall–Kier alpha value is -0.890. The number of hydrogen-bond donors (Lipinski definition) is 1. The molecule has 0 amide bonds. The van der Waals surface area contributed by atoms with Gasteiger partial charge in [0.1, 0.15) is 10.6 Å². The minimum Gasteiger partial charge on any atom is -0.384 e. The van der Waals surface area contributed by atoms with Crippen molar-refractivity contribution < 1.29 is 9.47 Å². The van der Waals surface area contributed by atoms with Gasteiger partial charge in [-0.05, 0) is 19.4 Å². The van der Waals surface area contributed by atoms with Gasteiger partial charge >= 0.3 is 0 Å². The number of thiophene rings is 1. The summed E-state index contributed by atoms with van der Waals surface area (Å²) in [5, 5.41) is 1.73. The highest BCUT2D eigenvalue weighted by atomic mass is 32.2. The number of anilines is 1. The molecule has 0 atom stereocenters. The number of nitrogens with zero attached hydrogens (tertiary/aromatic N) is 2. The van der Waals surface area contributed by atoms with Crippen LogP contribution < -0.4 is 5.73 Å². The summed E-state index contributed by atoms with van der Waals surface area (Å²) in [5.41, 5.74) is 7.30. The lowest BCUT2D eigenvalue weighted by atomic mass is 9.94. The smallest absolute Gasteiger partial charge is 0.190 e. The highest BCUT2D eigenvalue weighted by Gasteiger charge is 2.30. The van der Waals surface area contributed by atoms with E-state index in [1.807, 2.05) is 0 Å². The van der Waals surface area contributed by atoms with E-state index >= 15 is 0 Å². The third kappa shape index (κ3) is 3.01. The van der Waals surface area contributed by atoms with Crippen molar-refractivity contribution in [2.75, 3.05) is 25.2 Å². The van der Waals surface area contributed by atoms with Crippen molar-refractivity contribution in [2.24, 2.45) is 0 Å². The first-order valence-corrected chi connectivity index (χ1v) is 8.64. The van der Waals surface area contributed by atoms with Gasteiger partial charge in [0.25, 0.3) is 0 Å². The minimum absolute atomic E-state index is 0.153. The Bertz CT molecular complexity index is 670. The van der Waals surface area contributed by atoms with Gasteiger partial charge in [-0.2, -0.15) is 0 Å². The van der Waals surface area contributed by atoms with Gasteiger partial charge in [0.2, 0.25) is 0 Å². The Labute approximate surface area is 132 Å². The average Bonchev–Trinajstić information content (AvgIpc) is 2.75. The van der Waals surface area contributed by atoms with Crippen LogP contribution in [0.3, 0.4) is 0 Å². The fourth-order valence-electron chi connectivity index (χ4n) is 2.43. The second-order valence-electron chi connectivity index (χ2n) is 5.64. The summed E-state index contributed by atoms with van der Waals surface area (Å²) in [6.45, 7) is 5.51. The second-order valence-corrected chi connectivity index (χ2v) is 7.79. The Kier molecular flexibility index (Phi) is 4.09. The maximum atomic E-state index is 6.19. The van der Waals surface area contributed by atoms with Gasteiger partial charge in [0, 0.05) is 24.2 Å². The molecular formula is C14H19N3O2S2. The summed E-state index contributed by atoms with van der Waals surface area (Å²) >= 11 is 3.24. The summed E-state index contributed by atoms with van der Waals surface area (Å²) < 4.78 is 10.9. The zero-order valence-corrected chi connectivity index (χ0v) is 14.1. The summed E-state index contributed by atoms with van der Waals surface area (Å²) in [5.74, 6) is 1.40. The van der Waals surface area contributed by atoms with E-state index in [0.29, 0.717) is 19.0 Å². The van der Waals surface area contributed by atoms with Crippen molar-refractivity contribution in [3.63, 3.8) is 0 Å². The first kappa shape index (κ1) is 15.0. The number of ether oxygens (including phenoxy) is 2. The Morgan fingerprint density at radius 3 is 3.00 bits per heavy atom. The van der Waals surface area contributed by atoms with Gasteiger partial charge in [-0.1, -0.05) is 11.8 Å². The zero-order valence-electron chi connectivity index (χ0n) is 12.4. The van der Waals surface area contributed by atoms with Gasteiger partial charge in [0.15, 0.2) is 5.16 Å². The van der Waals surface area contributed by atoms with Crippen LogP contribution in [0.2, 0.25) is 0 Å². The predicted molar refractivity (Wildman–Crippen MR) is 87.0 cm³/mol. The molecular weight excluding hydrogens is 306 g/mol. The highest BCUT2D eigenvalue weighted by Crippen LogP contribution is 2.40. The first-order valence-electron chi connectivity index (χ1n) is 6.83. The normalized spacial score (nSPS) is 17.1. The second kappa shape index (κ2) is 5.72. The average molecular weight is 325 g/mol. The van der Waals surface area contributed by atoms with E-state index in [4.69, 9.17) is 15.2 Å². The third-order valence-electron chi connectivity index (χ3n) is 3.46. The van der Waals surface area contributed by atoms with E-state index in [1.165, 1.54) is 10.4 Å². The lowest BCUT2D eigenvalue weighted by Crippen LogP contribution is -2.31. The first-order chi connectivity index (χ1) is 10.00. The molecule has 0 unspecified atom stereocenters. The standard InChI is InChI=1S/C14H19N3O2S2/c1-14(2)6-8-9(7-19-14)21-12-10(8)11(15)16-13(17-12)20-5-4-18-3/h4-7H2,1-3H3,(H2,15,16,17). The SMILES string of the molecule is COCCSc1nc(N)c2c3c(sc2n1)COC(C)(C)C3. The van der Waals surface area contributed by atoms with Crippen LogP contribution in [0.1, 0.15) is 24.3 Å². The van der Waals surface area contributed by atoms with Crippen molar-refractivity contribution in [1.82, 2.24) is 9.97 Å². The van der Waals surface area contributed by atoms with Crippen LogP contribution in [0.25, 0.3) is 10.2 Å². The maximum Gasteiger partial charge on any atom is 0.190 e. The van der Waals surface area contributed by atoms with E-state index in [-0.39, 0.29) is 5.60 Å². The fourth-order valence-corrected chi connectivity index (χ4v) is 4.35. The lowest BCUT2D eigenvalue weighted by molar-refractivity contribution is -0.0379. The molecule has 114 valence electrons. The molecule has 0 bridgehead atoms. The number of thioether (sulfide) groups is 1. The molecule has 0 saturated carbocycles. The van der Waals surface area contributed by atoms with Gasteiger partial charge in [-0.25, -0.2) is 9.97 Å². The molecule has 3 heterocycles. The van der Waals surface area contributed by atoms with Crippen molar-refractivity contribution in [1.29, 1.82) is 0 Å². The molecule has 21 heavy (non-hydrogen) atoms. The highest BCUT2D eigenvalue weighted by molar-refractivity contribution is 7.99. The van der Waals surface area contributed by atoms with Crippen LogP contribution in [-0.4, -0.2) is 35.0 Å². The predicted octanol–water partition coefficient (Wildman–Crippen LogP) is 2.86. The van der Waals surface area contributed by atoms with Gasteiger partial charge in [0.05, 0.1) is 24.2 Å². The van der Waals surface area contributed by atoms with E-state index in [0.717, 1.165) is 27.5 Å². The van der Waals surface area contributed by atoms with E-state index in [9.17, 15) is 0 Å². The molecule has 1 aliphatic rings. The van der Waals surface area contributed by atoms with Crippen LogP contribution in [0.5, 0.6) is 0 Å². The molecule has 0 spiro atoms. The van der Waals surface area contributed by atoms with Crippen molar-refractivity contribution >= 4 is 39.1 Å². The number of fused-ring (bicyclic) bond motifs is 3. The minimum atomic E-state index is -0.153. The molecule has 1 aliphatic heterocycles. The van der Waals surface area contributed by atoms with Crippen LogP contribution in [-0.2, 0) is 22.5 Å². The van der Waals surface area contributed by atoms with Crippen LogP contribution >= 0.6 is 23.1 Å². The van der Waals surface area contributed by atoms with E-state index in [1.54, 1.807) is 30.2 Å². The number of hydrogen-bond acceptors (Lipinski definition) is 7. The quantitative estimate of drug-likeness (QED) is 0.529. The number of methoxy groups -OCH3 is 1. The number of rotatable bonds is 4. The Morgan fingerprint density at radius 2 is 2.24 bits per heavy atom. The van der Waals surface area contributed by atoms with E-state index in [2.05, 4.69) is 23.8 Å². The molecule has 7 heteroatoms. The molecule has 2 aromatic rings. The monoisotopic (exact) mass is 325 g/mol. The molecule has 5 nitrogen and oxygen atoms in total. The number of nitrogen functional groups attached to an aromatic ring is 1. The van der Waals surface area contributed by atoms with Crippen LogP contribution in [0.4, 0.5) is 5.82 Å². The zero-order chi connectivity index (χ0) is 15.0. The van der Waals surface area contributed by atoms with Crippen molar-refractivity contribution in [2.45, 2.75) is 37.6 Å². The van der Waals surface area contributed by atoms with Crippen LogP contribution in [0.15, 0.2) is 5.16 Å². The molecule has 3 rings (SSSR count). The fraction of sp³-hybridized carbons (Fsp3) is 0.571. The van der Waals surface area contributed by atoms with Gasteiger partial charge in [-0.3, -0.25) is 0 Å². The molecule has 2 aromatic heterocycles. The summed E-state index contributed by atoms with van der Waals surface area (Å²) in [4.78, 5) is 11.3. The number of nitrogens with two attached hydrogens (primary N) is 1. The Balaban J connectivity index is 1.98. The topological polar surface area (TPSA) is 70.3 Å².